The molecule has 2 N–H and O–H groups in total. The average molecular weight is 282 g/mol. The summed E-state index contributed by atoms with van der Waals surface area (Å²) >= 11 is 2.05. The van der Waals surface area contributed by atoms with Gasteiger partial charge in [-0.05, 0) is 32.4 Å². The molecule has 1 unspecified atom stereocenters. The van der Waals surface area contributed by atoms with Gasteiger partial charge in [-0.15, -0.1) is 0 Å². The first kappa shape index (κ1) is 14.2. The van der Waals surface area contributed by atoms with E-state index in [-0.39, 0.29) is 0 Å². The number of thioether (sulfide) groups is 1. The molecule has 106 valence electrons. The van der Waals surface area contributed by atoms with E-state index in [1.54, 1.807) is 7.05 Å². The Kier molecular flexibility index (Phi) is 5.13. The number of hydrogen-bond acceptors (Lipinski definition) is 4. The predicted octanol–water partition coefficient (Wildman–Crippen LogP) is 1.85. The van der Waals surface area contributed by atoms with Crippen LogP contribution in [0.15, 0.2) is 9.52 Å². The maximum atomic E-state index is 5.15. The summed E-state index contributed by atoms with van der Waals surface area (Å²) in [6.45, 7) is 5.56. The lowest BCUT2D eigenvalue weighted by Crippen LogP contribution is -2.39. The Bertz CT molecular complexity index is 418. The number of hydrogen-bond donors (Lipinski definition) is 2. The second-order valence-corrected chi connectivity index (χ2v) is 6.15. The topological polar surface area (TPSA) is 62.5 Å². The Morgan fingerprint density at radius 1 is 1.47 bits per heavy atom. The van der Waals surface area contributed by atoms with Crippen molar-refractivity contribution in [1.82, 2.24) is 15.8 Å². The van der Waals surface area contributed by atoms with Crippen molar-refractivity contribution < 1.29 is 4.52 Å². The summed E-state index contributed by atoms with van der Waals surface area (Å²) in [6, 6.07) is 0. The quantitative estimate of drug-likeness (QED) is 0.652. The fourth-order valence-electron chi connectivity index (χ4n) is 2.16. The van der Waals surface area contributed by atoms with Crippen LogP contribution in [0, 0.1) is 13.8 Å². The number of aryl methyl sites for hydroxylation is 2. The van der Waals surface area contributed by atoms with Crippen LogP contribution < -0.4 is 10.6 Å². The van der Waals surface area contributed by atoms with Crippen LogP contribution >= 0.6 is 11.8 Å². The molecule has 1 aliphatic heterocycles. The van der Waals surface area contributed by atoms with Gasteiger partial charge in [-0.25, -0.2) is 0 Å². The Hall–Kier alpha value is -1.17. The summed E-state index contributed by atoms with van der Waals surface area (Å²) in [7, 11) is 1.80. The molecule has 19 heavy (non-hydrogen) atoms. The van der Waals surface area contributed by atoms with Gasteiger partial charge in [0.2, 0.25) is 0 Å². The molecule has 1 aliphatic rings. The normalized spacial score (nSPS) is 19.7. The highest BCUT2D eigenvalue weighted by Gasteiger charge is 2.16. The van der Waals surface area contributed by atoms with Gasteiger partial charge in [0.1, 0.15) is 5.76 Å². The van der Waals surface area contributed by atoms with Crippen LogP contribution in [0.25, 0.3) is 0 Å². The molecule has 2 rings (SSSR count). The second kappa shape index (κ2) is 6.84. The van der Waals surface area contributed by atoms with Crippen LogP contribution in [0.1, 0.15) is 29.9 Å². The van der Waals surface area contributed by atoms with Crippen molar-refractivity contribution in [3.8, 4) is 0 Å². The first-order chi connectivity index (χ1) is 9.20. The van der Waals surface area contributed by atoms with E-state index in [0.717, 1.165) is 34.8 Å². The Balaban J connectivity index is 1.79. The smallest absolute Gasteiger partial charge is 0.191 e. The monoisotopic (exact) mass is 282 g/mol. The molecular weight excluding hydrogens is 260 g/mol. The molecule has 2 heterocycles. The number of nitrogens with zero attached hydrogens (tertiary/aromatic N) is 2. The van der Waals surface area contributed by atoms with Crippen molar-refractivity contribution in [3.63, 3.8) is 0 Å². The maximum Gasteiger partial charge on any atom is 0.191 e. The number of guanidine groups is 1. The molecule has 1 aromatic heterocycles. The van der Waals surface area contributed by atoms with Crippen LogP contribution in [0.3, 0.4) is 0 Å². The zero-order valence-corrected chi connectivity index (χ0v) is 12.6. The van der Waals surface area contributed by atoms with Gasteiger partial charge < -0.3 is 15.2 Å². The molecule has 0 aliphatic carbocycles. The molecule has 0 radical (unpaired) electrons. The molecule has 0 spiro atoms. The molecule has 1 aromatic rings. The molecule has 0 bridgehead atoms. The second-order valence-electron chi connectivity index (χ2n) is 4.74. The van der Waals surface area contributed by atoms with E-state index >= 15 is 0 Å². The Labute approximate surface area is 118 Å². The molecule has 1 fully saturated rings. The van der Waals surface area contributed by atoms with Crippen molar-refractivity contribution in [1.29, 1.82) is 0 Å². The molecule has 6 heteroatoms. The van der Waals surface area contributed by atoms with Crippen molar-refractivity contribution >= 4 is 17.7 Å². The fourth-order valence-corrected chi connectivity index (χ4v) is 3.36. The van der Waals surface area contributed by atoms with Gasteiger partial charge in [-0.1, -0.05) is 5.16 Å². The standard InChI is InChI=1S/C13H22N4OS/c1-9-12(10(2)18-17-9)8-16-13(14-3)15-7-11-5-4-6-19-11/h11H,4-8H2,1-3H3,(H2,14,15,16). The van der Waals surface area contributed by atoms with Crippen molar-refractivity contribution in [2.75, 3.05) is 19.3 Å². The average Bonchev–Trinajstić information content (AvgIpc) is 3.02. The summed E-state index contributed by atoms with van der Waals surface area (Å²) in [5, 5.41) is 11.4. The minimum Gasteiger partial charge on any atom is -0.361 e. The number of nitrogens with one attached hydrogen (secondary N) is 2. The first-order valence-electron chi connectivity index (χ1n) is 6.68. The third-order valence-electron chi connectivity index (χ3n) is 3.36. The highest BCUT2D eigenvalue weighted by atomic mass is 32.2. The fraction of sp³-hybridized carbons (Fsp3) is 0.692. The van der Waals surface area contributed by atoms with Gasteiger partial charge in [0, 0.05) is 31.0 Å². The summed E-state index contributed by atoms with van der Waals surface area (Å²) < 4.78 is 5.15. The van der Waals surface area contributed by atoms with Crippen LogP contribution in [0.2, 0.25) is 0 Å². The minimum atomic E-state index is 0.693. The number of rotatable bonds is 4. The first-order valence-corrected chi connectivity index (χ1v) is 7.73. The van der Waals surface area contributed by atoms with Gasteiger partial charge in [-0.2, -0.15) is 11.8 Å². The van der Waals surface area contributed by atoms with E-state index in [9.17, 15) is 0 Å². The zero-order chi connectivity index (χ0) is 13.7. The largest absolute Gasteiger partial charge is 0.361 e. The van der Waals surface area contributed by atoms with Gasteiger partial charge in [0.25, 0.3) is 0 Å². The maximum absolute atomic E-state index is 5.15. The van der Waals surface area contributed by atoms with E-state index < -0.39 is 0 Å². The zero-order valence-electron chi connectivity index (χ0n) is 11.8. The molecular formula is C13H22N4OS. The lowest BCUT2D eigenvalue weighted by Gasteiger charge is -2.14. The van der Waals surface area contributed by atoms with Crippen LogP contribution in [-0.2, 0) is 6.54 Å². The summed E-state index contributed by atoms with van der Waals surface area (Å²) in [5.41, 5.74) is 2.05. The van der Waals surface area contributed by atoms with E-state index in [1.807, 2.05) is 25.6 Å². The van der Waals surface area contributed by atoms with Gasteiger partial charge in [0.05, 0.1) is 5.69 Å². The molecule has 0 aromatic carbocycles. The summed E-state index contributed by atoms with van der Waals surface area (Å²) in [5.74, 6) is 3.00. The highest BCUT2D eigenvalue weighted by molar-refractivity contribution is 8.00. The lowest BCUT2D eigenvalue weighted by molar-refractivity contribution is 0.392. The van der Waals surface area contributed by atoms with Crippen molar-refractivity contribution in [3.05, 3.63) is 17.0 Å². The molecule has 1 saturated heterocycles. The molecule has 0 amide bonds. The van der Waals surface area contributed by atoms with E-state index in [0.29, 0.717) is 6.54 Å². The van der Waals surface area contributed by atoms with Crippen molar-refractivity contribution in [2.45, 2.75) is 38.5 Å². The van der Waals surface area contributed by atoms with Crippen LogP contribution in [0.5, 0.6) is 0 Å². The molecule has 5 nitrogen and oxygen atoms in total. The van der Waals surface area contributed by atoms with E-state index in [2.05, 4.69) is 20.8 Å². The number of aromatic nitrogens is 1. The summed E-state index contributed by atoms with van der Waals surface area (Å²) in [4.78, 5) is 4.24. The summed E-state index contributed by atoms with van der Waals surface area (Å²) in [6.07, 6.45) is 2.64. The molecule has 1 atom stereocenters. The molecule has 0 saturated carbocycles. The minimum absolute atomic E-state index is 0.693. The van der Waals surface area contributed by atoms with Gasteiger partial charge in [0.15, 0.2) is 5.96 Å². The van der Waals surface area contributed by atoms with E-state index in [1.165, 1.54) is 18.6 Å². The highest BCUT2D eigenvalue weighted by Crippen LogP contribution is 2.25. The van der Waals surface area contributed by atoms with Gasteiger partial charge >= 0.3 is 0 Å². The number of aliphatic imine (C=N–C) groups is 1. The van der Waals surface area contributed by atoms with Gasteiger partial charge in [-0.3, -0.25) is 4.99 Å². The third kappa shape index (κ3) is 3.89. The SMILES string of the molecule is CN=C(NCc1c(C)noc1C)NCC1CCCS1. The van der Waals surface area contributed by atoms with E-state index in [4.69, 9.17) is 4.52 Å². The lowest BCUT2D eigenvalue weighted by atomic mass is 10.2. The third-order valence-corrected chi connectivity index (χ3v) is 4.76. The Morgan fingerprint density at radius 3 is 2.89 bits per heavy atom. The predicted molar refractivity (Wildman–Crippen MR) is 79.7 cm³/mol. The van der Waals surface area contributed by atoms with Crippen LogP contribution in [0.4, 0.5) is 0 Å². The Morgan fingerprint density at radius 2 is 2.32 bits per heavy atom. The van der Waals surface area contributed by atoms with Crippen molar-refractivity contribution in [2.24, 2.45) is 4.99 Å². The van der Waals surface area contributed by atoms with Crippen LogP contribution in [-0.4, -0.2) is 35.7 Å².